The predicted octanol–water partition coefficient (Wildman–Crippen LogP) is 3.00. The number of nitriles is 1. The van der Waals surface area contributed by atoms with Gasteiger partial charge in [-0.3, -0.25) is 0 Å². The molecular formula is C12H20N4S. The third-order valence-corrected chi connectivity index (χ3v) is 3.37. The van der Waals surface area contributed by atoms with Gasteiger partial charge < -0.3 is 10.6 Å². The first-order chi connectivity index (χ1) is 8.22. The highest BCUT2D eigenvalue weighted by Crippen LogP contribution is 2.27. The van der Waals surface area contributed by atoms with Crippen molar-refractivity contribution in [2.75, 3.05) is 23.7 Å². The maximum atomic E-state index is 9.07. The van der Waals surface area contributed by atoms with Crippen LogP contribution in [0, 0.1) is 11.3 Å². The number of rotatable bonds is 7. The van der Waals surface area contributed by atoms with E-state index in [4.69, 9.17) is 11.0 Å². The van der Waals surface area contributed by atoms with E-state index in [1.807, 2.05) is 0 Å². The maximum Gasteiger partial charge on any atom is 0.183 e. The van der Waals surface area contributed by atoms with E-state index in [0.29, 0.717) is 10.0 Å². The molecule has 2 N–H and O–H groups in total. The van der Waals surface area contributed by atoms with Crippen LogP contribution < -0.4 is 10.6 Å². The fourth-order valence-electron chi connectivity index (χ4n) is 1.64. The minimum Gasteiger partial charge on any atom is -0.375 e. The summed E-state index contributed by atoms with van der Waals surface area (Å²) in [6.45, 7) is 6.24. The van der Waals surface area contributed by atoms with Crippen molar-refractivity contribution in [2.45, 2.75) is 39.5 Å². The SMILES string of the molecule is CCCCN(CCCC)c1nc(N)sc1C#N. The second-order valence-electron chi connectivity index (χ2n) is 4.01. The molecule has 0 saturated carbocycles. The third kappa shape index (κ3) is 3.90. The normalized spacial score (nSPS) is 10.2. The minimum absolute atomic E-state index is 0.481. The molecule has 0 spiro atoms. The molecule has 0 aliphatic rings. The van der Waals surface area contributed by atoms with Crippen molar-refractivity contribution in [1.82, 2.24) is 4.98 Å². The number of hydrogen-bond donors (Lipinski definition) is 1. The molecule has 94 valence electrons. The number of thiazole rings is 1. The van der Waals surface area contributed by atoms with E-state index >= 15 is 0 Å². The molecule has 17 heavy (non-hydrogen) atoms. The summed E-state index contributed by atoms with van der Waals surface area (Å²) < 4.78 is 0. The zero-order valence-electron chi connectivity index (χ0n) is 10.6. The highest BCUT2D eigenvalue weighted by molar-refractivity contribution is 7.16. The van der Waals surface area contributed by atoms with Crippen LogP contribution in [0.5, 0.6) is 0 Å². The molecule has 0 atom stereocenters. The Labute approximate surface area is 107 Å². The Hall–Kier alpha value is -1.28. The first-order valence-corrected chi connectivity index (χ1v) is 6.95. The summed E-state index contributed by atoms with van der Waals surface area (Å²) in [7, 11) is 0. The molecular weight excluding hydrogens is 232 g/mol. The molecule has 1 aromatic heterocycles. The molecule has 1 aromatic rings. The van der Waals surface area contributed by atoms with Crippen LogP contribution in [0.2, 0.25) is 0 Å². The zero-order chi connectivity index (χ0) is 12.7. The first kappa shape index (κ1) is 13.8. The number of anilines is 2. The van der Waals surface area contributed by atoms with Gasteiger partial charge in [0.25, 0.3) is 0 Å². The molecule has 0 radical (unpaired) electrons. The van der Waals surface area contributed by atoms with Crippen molar-refractivity contribution < 1.29 is 0 Å². The lowest BCUT2D eigenvalue weighted by Gasteiger charge is -2.22. The highest BCUT2D eigenvalue weighted by Gasteiger charge is 2.15. The second-order valence-corrected chi connectivity index (χ2v) is 5.04. The van der Waals surface area contributed by atoms with Crippen LogP contribution in [0.15, 0.2) is 0 Å². The number of unbranched alkanes of at least 4 members (excludes halogenated alkanes) is 2. The van der Waals surface area contributed by atoms with Gasteiger partial charge in [0.2, 0.25) is 0 Å². The smallest absolute Gasteiger partial charge is 0.183 e. The average molecular weight is 252 g/mol. The fraction of sp³-hybridized carbons (Fsp3) is 0.667. The van der Waals surface area contributed by atoms with E-state index < -0.39 is 0 Å². The fourth-order valence-corrected chi connectivity index (χ4v) is 2.29. The molecule has 0 aliphatic heterocycles. The van der Waals surface area contributed by atoms with Gasteiger partial charge in [-0.1, -0.05) is 38.0 Å². The highest BCUT2D eigenvalue weighted by atomic mass is 32.1. The summed E-state index contributed by atoms with van der Waals surface area (Å²) >= 11 is 1.27. The van der Waals surface area contributed by atoms with Crippen LogP contribution in [0.25, 0.3) is 0 Å². The van der Waals surface area contributed by atoms with Crippen LogP contribution in [-0.2, 0) is 0 Å². The van der Waals surface area contributed by atoms with Crippen LogP contribution in [-0.4, -0.2) is 18.1 Å². The van der Waals surface area contributed by atoms with Gasteiger partial charge in [0.05, 0.1) is 0 Å². The summed E-state index contributed by atoms with van der Waals surface area (Å²) in [5.74, 6) is 0.775. The van der Waals surface area contributed by atoms with Gasteiger partial charge in [0.15, 0.2) is 15.8 Å². The number of nitrogens with zero attached hydrogens (tertiary/aromatic N) is 3. The summed E-state index contributed by atoms with van der Waals surface area (Å²) in [5, 5.41) is 9.55. The Morgan fingerprint density at radius 1 is 1.29 bits per heavy atom. The molecule has 0 saturated heterocycles. The number of nitrogen functional groups attached to an aromatic ring is 1. The van der Waals surface area contributed by atoms with Gasteiger partial charge in [0.1, 0.15) is 6.07 Å². The molecule has 0 amide bonds. The molecule has 1 rings (SSSR count). The predicted molar refractivity (Wildman–Crippen MR) is 73.3 cm³/mol. The van der Waals surface area contributed by atoms with Crippen LogP contribution >= 0.6 is 11.3 Å². The van der Waals surface area contributed by atoms with Gasteiger partial charge in [-0.2, -0.15) is 5.26 Å². The van der Waals surface area contributed by atoms with Crippen molar-refractivity contribution in [2.24, 2.45) is 0 Å². The van der Waals surface area contributed by atoms with Crippen molar-refractivity contribution in [3.8, 4) is 6.07 Å². The summed E-state index contributed by atoms with van der Waals surface area (Å²) in [6.07, 6.45) is 4.52. The Morgan fingerprint density at radius 3 is 2.35 bits per heavy atom. The lowest BCUT2D eigenvalue weighted by molar-refractivity contribution is 0.672. The molecule has 0 aliphatic carbocycles. The lowest BCUT2D eigenvalue weighted by Crippen LogP contribution is -2.26. The van der Waals surface area contributed by atoms with Gasteiger partial charge in [-0.05, 0) is 12.8 Å². The first-order valence-electron chi connectivity index (χ1n) is 6.14. The topological polar surface area (TPSA) is 65.9 Å². The van der Waals surface area contributed by atoms with Crippen LogP contribution in [0.1, 0.15) is 44.4 Å². The van der Waals surface area contributed by atoms with E-state index in [-0.39, 0.29) is 0 Å². The molecule has 0 aromatic carbocycles. The standard InChI is InChI=1S/C12H20N4S/c1-3-5-7-16(8-6-4-2)11-10(9-13)17-12(14)15-11/h3-8H2,1-2H3,(H2,14,15). The zero-order valence-corrected chi connectivity index (χ0v) is 11.4. The van der Waals surface area contributed by atoms with Crippen molar-refractivity contribution >= 4 is 22.3 Å². The minimum atomic E-state index is 0.481. The van der Waals surface area contributed by atoms with E-state index in [1.54, 1.807) is 0 Å². The van der Waals surface area contributed by atoms with Gasteiger partial charge in [-0.25, -0.2) is 4.98 Å². The average Bonchev–Trinajstić information content (AvgIpc) is 2.70. The van der Waals surface area contributed by atoms with E-state index in [9.17, 15) is 0 Å². The Balaban J connectivity index is 2.82. The van der Waals surface area contributed by atoms with Crippen LogP contribution in [0.4, 0.5) is 10.9 Å². The molecule has 5 heteroatoms. The number of aromatic nitrogens is 1. The van der Waals surface area contributed by atoms with E-state index in [2.05, 4.69) is 29.8 Å². The molecule has 0 unspecified atom stereocenters. The number of hydrogen-bond acceptors (Lipinski definition) is 5. The quantitative estimate of drug-likeness (QED) is 0.810. The second kappa shape index (κ2) is 7.13. The number of nitrogens with two attached hydrogens (primary N) is 1. The molecule has 0 fully saturated rings. The summed E-state index contributed by atoms with van der Waals surface area (Å²) in [6, 6.07) is 2.18. The molecule has 4 nitrogen and oxygen atoms in total. The Morgan fingerprint density at radius 2 is 1.88 bits per heavy atom. The van der Waals surface area contributed by atoms with Crippen molar-refractivity contribution in [3.05, 3.63) is 4.88 Å². The van der Waals surface area contributed by atoms with Gasteiger partial charge in [0, 0.05) is 13.1 Å². The maximum absolute atomic E-state index is 9.07. The Bertz CT molecular complexity index is 372. The van der Waals surface area contributed by atoms with Gasteiger partial charge in [-0.15, -0.1) is 0 Å². The third-order valence-electron chi connectivity index (χ3n) is 2.59. The monoisotopic (exact) mass is 252 g/mol. The summed E-state index contributed by atoms with van der Waals surface area (Å²) in [5.41, 5.74) is 5.68. The van der Waals surface area contributed by atoms with E-state index in [0.717, 1.165) is 44.6 Å². The van der Waals surface area contributed by atoms with E-state index in [1.165, 1.54) is 11.3 Å². The Kier molecular flexibility index (Phi) is 5.78. The largest absolute Gasteiger partial charge is 0.375 e. The molecule has 1 heterocycles. The van der Waals surface area contributed by atoms with Crippen LogP contribution in [0.3, 0.4) is 0 Å². The van der Waals surface area contributed by atoms with Gasteiger partial charge >= 0.3 is 0 Å². The summed E-state index contributed by atoms with van der Waals surface area (Å²) in [4.78, 5) is 7.11. The molecule has 0 bridgehead atoms. The van der Waals surface area contributed by atoms with Crippen molar-refractivity contribution in [1.29, 1.82) is 5.26 Å². The van der Waals surface area contributed by atoms with Crippen molar-refractivity contribution in [3.63, 3.8) is 0 Å². The lowest BCUT2D eigenvalue weighted by atomic mass is 10.2.